The van der Waals surface area contributed by atoms with Gasteiger partial charge in [-0.3, -0.25) is 9.48 Å². The molecule has 1 rings (SSSR count). The fourth-order valence-corrected chi connectivity index (χ4v) is 2.91. The number of rotatable bonds is 8. The van der Waals surface area contributed by atoms with Gasteiger partial charge in [0.05, 0.1) is 16.1 Å². The number of nitrogens with two attached hydrogens (primary N) is 1. The highest BCUT2D eigenvalue weighted by Crippen LogP contribution is 2.27. The molecule has 0 unspecified atom stereocenters. The first-order valence-electron chi connectivity index (χ1n) is 7.46. The Hall–Kier alpha value is -1.43. The molecule has 0 aromatic carbocycles. The molecule has 1 amide bonds. The van der Waals surface area contributed by atoms with Crippen LogP contribution in [0.1, 0.15) is 44.5 Å². The summed E-state index contributed by atoms with van der Waals surface area (Å²) in [5.74, 6) is -0.0617. The lowest BCUT2D eigenvalue weighted by Crippen LogP contribution is -2.48. The molecular formula is C15H26N4OS. The Balaban J connectivity index is 2.50. The number of nitrogens with zero attached hydrogens (tertiary/aromatic N) is 2. The lowest BCUT2D eigenvalue weighted by Gasteiger charge is -2.28. The van der Waals surface area contributed by atoms with Gasteiger partial charge in [0.2, 0.25) is 5.91 Å². The van der Waals surface area contributed by atoms with E-state index < -0.39 is 5.41 Å². The van der Waals surface area contributed by atoms with Gasteiger partial charge in [0, 0.05) is 18.8 Å². The van der Waals surface area contributed by atoms with Crippen molar-refractivity contribution < 1.29 is 4.79 Å². The van der Waals surface area contributed by atoms with Crippen molar-refractivity contribution in [1.82, 2.24) is 15.1 Å². The van der Waals surface area contributed by atoms with Crippen molar-refractivity contribution in [3.05, 3.63) is 17.5 Å². The number of nitrogens with one attached hydrogen (secondary N) is 1. The second kappa shape index (κ2) is 7.54. The fraction of sp³-hybridized carbons (Fsp3) is 0.667. The minimum Gasteiger partial charge on any atom is -0.392 e. The summed E-state index contributed by atoms with van der Waals surface area (Å²) in [6, 6.07) is 2.05. The van der Waals surface area contributed by atoms with E-state index in [2.05, 4.69) is 10.4 Å². The number of carbonyl (C=O) groups excluding carboxylic acids is 1. The maximum Gasteiger partial charge on any atom is 0.233 e. The van der Waals surface area contributed by atoms with Crippen LogP contribution in [0.4, 0.5) is 0 Å². The van der Waals surface area contributed by atoms with Crippen LogP contribution >= 0.6 is 12.2 Å². The van der Waals surface area contributed by atoms with Crippen molar-refractivity contribution in [3.8, 4) is 0 Å². The molecule has 1 aromatic heterocycles. The predicted molar refractivity (Wildman–Crippen MR) is 89.1 cm³/mol. The number of hydrogen-bond donors (Lipinski definition) is 2. The summed E-state index contributed by atoms with van der Waals surface area (Å²) < 4.78 is 1.96. The fourth-order valence-electron chi connectivity index (χ4n) is 2.53. The van der Waals surface area contributed by atoms with Crippen molar-refractivity contribution in [2.75, 3.05) is 6.54 Å². The molecule has 0 saturated heterocycles. The lowest BCUT2D eigenvalue weighted by atomic mass is 9.81. The van der Waals surface area contributed by atoms with Crippen LogP contribution in [0.25, 0.3) is 0 Å². The summed E-state index contributed by atoms with van der Waals surface area (Å²) in [6.45, 7) is 9.28. The Labute approximate surface area is 132 Å². The van der Waals surface area contributed by atoms with Crippen LogP contribution in [0.2, 0.25) is 0 Å². The van der Waals surface area contributed by atoms with E-state index in [0.717, 1.165) is 24.4 Å². The molecule has 5 nitrogen and oxygen atoms in total. The van der Waals surface area contributed by atoms with Crippen LogP contribution in [0, 0.1) is 19.3 Å². The van der Waals surface area contributed by atoms with E-state index in [0.29, 0.717) is 19.4 Å². The van der Waals surface area contributed by atoms with Gasteiger partial charge in [-0.25, -0.2) is 0 Å². The molecule has 0 saturated carbocycles. The number of hydrogen-bond acceptors (Lipinski definition) is 3. The molecule has 0 spiro atoms. The van der Waals surface area contributed by atoms with E-state index >= 15 is 0 Å². The zero-order valence-electron chi connectivity index (χ0n) is 13.4. The van der Waals surface area contributed by atoms with Crippen molar-refractivity contribution in [2.24, 2.45) is 11.1 Å². The maximum absolute atomic E-state index is 12.4. The number of aryl methyl sites for hydroxylation is 3. The quantitative estimate of drug-likeness (QED) is 0.570. The molecule has 1 aromatic rings. The van der Waals surface area contributed by atoms with Crippen LogP contribution < -0.4 is 11.1 Å². The highest BCUT2D eigenvalue weighted by atomic mass is 32.1. The summed E-state index contributed by atoms with van der Waals surface area (Å²) in [5.41, 5.74) is 7.21. The third-order valence-electron chi connectivity index (χ3n) is 4.05. The van der Waals surface area contributed by atoms with E-state index in [1.54, 1.807) is 0 Å². The normalized spacial score (nSPS) is 11.4. The molecule has 0 radical (unpaired) electrons. The Morgan fingerprint density at radius 1 is 1.43 bits per heavy atom. The standard InChI is InChI=1S/C15H26N4OS/c1-5-15(6-2,13(16)21)14(20)17-8-7-9-19-12(4)10-11(3)18-19/h10H,5-9H2,1-4H3,(H2,16,21)(H,17,20). The first-order chi connectivity index (χ1) is 9.87. The van der Waals surface area contributed by atoms with Crippen LogP contribution in [-0.4, -0.2) is 27.2 Å². The molecule has 21 heavy (non-hydrogen) atoms. The average Bonchev–Trinajstić information content (AvgIpc) is 2.74. The molecule has 0 fully saturated rings. The van der Waals surface area contributed by atoms with Gasteiger partial charge in [-0.2, -0.15) is 5.10 Å². The monoisotopic (exact) mass is 310 g/mol. The SMILES string of the molecule is CCC(CC)(C(=O)NCCCn1nc(C)cc1C)C(N)=S. The molecule has 118 valence electrons. The predicted octanol–water partition coefficient (Wildman–Crippen LogP) is 2.10. The lowest BCUT2D eigenvalue weighted by molar-refractivity contribution is -0.127. The van der Waals surface area contributed by atoms with Crippen LogP contribution in [0.5, 0.6) is 0 Å². The smallest absolute Gasteiger partial charge is 0.233 e. The van der Waals surface area contributed by atoms with Crippen molar-refractivity contribution in [1.29, 1.82) is 0 Å². The number of aromatic nitrogens is 2. The largest absolute Gasteiger partial charge is 0.392 e. The topological polar surface area (TPSA) is 72.9 Å². The van der Waals surface area contributed by atoms with Gasteiger partial charge in [0.1, 0.15) is 0 Å². The molecule has 1 heterocycles. The highest BCUT2D eigenvalue weighted by Gasteiger charge is 2.37. The van der Waals surface area contributed by atoms with Gasteiger partial charge >= 0.3 is 0 Å². The Morgan fingerprint density at radius 3 is 2.48 bits per heavy atom. The zero-order chi connectivity index (χ0) is 16.0. The van der Waals surface area contributed by atoms with Crippen LogP contribution in [0.3, 0.4) is 0 Å². The van der Waals surface area contributed by atoms with E-state index in [1.807, 2.05) is 38.4 Å². The van der Waals surface area contributed by atoms with Gasteiger partial charge in [0.25, 0.3) is 0 Å². The minimum atomic E-state index is -0.715. The summed E-state index contributed by atoms with van der Waals surface area (Å²) in [6.07, 6.45) is 2.08. The van der Waals surface area contributed by atoms with Crippen LogP contribution in [-0.2, 0) is 11.3 Å². The molecule has 0 bridgehead atoms. The second-order valence-corrected chi connectivity index (χ2v) is 5.85. The minimum absolute atomic E-state index is 0.0617. The van der Waals surface area contributed by atoms with Gasteiger partial charge in [0.15, 0.2) is 0 Å². The van der Waals surface area contributed by atoms with Crippen molar-refractivity contribution >= 4 is 23.1 Å². The number of amides is 1. The Kier molecular flexibility index (Phi) is 6.33. The molecule has 0 atom stereocenters. The number of carbonyl (C=O) groups is 1. The molecule has 3 N–H and O–H groups in total. The highest BCUT2D eigenvalue weighted by molar-refractivity contribution is 7.80. The van der Waals surface area contributed by atoms with Gasteiger partial charge in [-0.1, -0.05) is 26.1 Å². The molecule has 0 aliphatic heterocycles. The maximum atomic E-state index is 12.4. The molecular weight excluding hydrogens is 284 g/mol. The average molecular weight is 310 g/mol. The first-order valence-corrected chi connectivity index (χ1v) is 7.87. The van der Waals surface area contributed by atoms with Crippen molar-refractivity contribution in [2.45, 2.75) is 53.5 Å². The number of thiocarbonyl (C=S) groups is 1. The summed E-state index contributed by atoms with van der Waals surface area (Å²) in [7, 11) is 0. The summed E-state index contributed by atoms with van der Waals surface area (Å²) >= 11 is 5.08. The van der Waals surface area contributed by atoms with Gasteiger partial charge in [-0.05, 0) is 39.2 Å². The van der Waals surface area contributed by atoms with E-state index in [1.165, 1.54) is 0 Å². The van der Waals surface area contributed by atoms with Gasteiger partial charge in [-0.15, -0.1) is 0 Å². The van der Waals surface area contributed by atoms with E-state index in [4.69, 9.17) is 18.0 Å². The van der Waals surface area contributed by atoms with Crippen LogP contribution in [0.15, 0.2) is 6.07 Å². The first kappa shape index (κ1) is 17.6. The Morgan fingerprint density at radius 2 is 2.05 bits per heavy atom. The third kappa shape index (κ3) is 4.03. The van der Waals surface area contributed by atoms with E-state index in [-0.39, 0.29) is 10.9 Å². The molecule has 0 aliphatic carbocycles. The van der Waals surface area contributed by atoms with Gasteiger partial charge < -0.3 is 11.1 Å². The van der Waals surface area contributed by atoms with E-state index in [9.17, 15) is 4.79 Å². The summed E-state index contributed by atoms with van der Waals surface area (Å²) in [4.78, 5) is 12.6. The summed E-state index contributed by atoms with van der Waals surface area (Å²) in [5, 5.41) is 7.36. The Bertz CT molecular complexity index is 506. The third-order valence-corrected chi connectivity index (χ3v) is 4.44. The van der Waals surface area contributed by atoms with Crippen molar-refractivity contribution in [3.63, 3.8) is 0 Å². The molecule has 6 heteroatoms. The second-order valence-electron chi connectivity index (χ2n) is 5.41. The molecule has 0 aliphatic rings. The zero-order valence-corrected chi connectivity index (χ0v) is 14.2.